The van der Waals surface area contributed by atoms with Crippen LogP contribution in [-0.4, -0.2) is 90.7 Å². The number of amides is 5. The molecule has 0 heterocycles. The molecule has 0 aromatic carbocycles. The van der Waals surface area contributed by atoms with Gasteiger partial charge in [0.15, 0.2) is 0 Å². The molecule has 0 aliphatic carbocycles. The first kappa shape index (κ1) is 28.2. The summed E-state index contributed by atoms with van der Waals surface area (Å²) >= 11 is 0. The van der Waals surface area contributed by atoms with Gasteiger partial charge in [0.05, 0.1) is 6.54 Å². The minimum atomic E-state index is -1.16. The monoisotopic (exact) mass is 446 g/mol. The molecule has 13 nitrogen and oxygen atoms in total. The Balaban J connectivity index is 4.31. The number of rotatable bonds is 15. The second kappa shape index (κ2) is 16.0. The van der Waals surface area contributed by atoms with Gasteiger partial charge >= 0.3 is 0 Å². The average molecular weight is 447 g/mol. The van der Waals surface area contributed by atoms with Crippen LogP contribution >= 0.6 is 0 Å². The molecule has 0 aliphatic heterocycles. The standard InChI is InChI=1S/C18H34N6O7/c1-11(25)16(29)21-7-6-20-14(27)5-3-4-13(24-15(28)10-19)18(31)23-9-8-22-17(30)12(2)26/h11-13,25-26H,3-10,19H2,1-2H3,(H,20,27)(H,21,29)(H,22,30)(H,23,31)(H,24,28). The maximum absolute atomic E-state index is 12.3. The summed E-state index contributed by atoms with van der Waals surface area (Å²) < 4.78 is 0. The summed E-state index contributed by atoms with van der Waals surface area (Å²) in [5.74, 6) is -2.42. The lowest BCUT2D eigenvalue weighted by Crippen LogP contribution is -2.50. The van der Waals surface area contributed by atoms with E-state index in [9.17, 15) is 24.0 Å². The quantitative estimate of drug-likeness (QED) is 0.115. The number of carbonyl (C=O) groups excluding carboxylic acids is 5. The topological polar surface area (TPSA) is 212 Å². The van der Waals surface area contributed by atoms with Crippen molar-refractivity contribution in [2.45, 2.75) is 51.4 Å². The second-order valence-electron chi connectivity index (χ2n) is 6.79. The molecule has 0 saturated heterocycles. The van der Waals surface area contributed by atoms with E-state index < -0.39 is 41.9 Å². The van der Waals surface area contributed by atoms with E-state index in [1.807, 2.05) is 0 Å². The number of aliphatic hydroxyl groups is 2. The minimum absolute atomic E-state index is 0.0882. The van der Waals surface area contributed by atoms with E-state index in [1.165, 1.54) is 13.8 Å². The zero-order valence-corrected chi connectivity index (χ0v) is 17.9. The summed E-state index contributed by atoms with van der Waals surface area (Å²) in [6.07, 6.45) is -1.71. The number of nitrogens with one attached hydrogen (secondary N) is 5. The summed E-state index contributed by atoms with van der Waals surface area (Å²) in [6, 6.07) is -0.901. The molecule has 0 aliphatic rings. The molecular weight excluding hydrogens is 412 g/mol. The van der Waals surface area contributed by atoms with Crippen molar-refractivity contribution in [3.8, 4) is 0 Å². The first-order valence-electron chi connectivity index (χ1n) is 10.0. The number of carbonyl (C=O) groups is 5. The Labute approximate surface area is 180 Å². The molecule has 13 heteroatoms. The highest BCUT2D eigenvalue weighted by Gasteiger charge is 2.20. The molecule has 0 saturated carbocycles. The fourth-order valence-corrected chi connectivity index (χ4v) is 2.25. The molecule has 0 bridgehead atoms. The molecular formula is C18H34N6O7. The van der Waals surface area contributed by atoms with Crippen LogP contribution in [0.1, 0.15) is 33.1 Å². The summed E-state index contributed by atoms with van der Waals surface area (Å²) in [4.78, 5) is 58.1. The Morgan fingerprint density at radius 1 is 0.742 bits per heavy atom. The van der Waals surface area contributed by atoms with Gasteiger partial charge in [0, 0.05) is 32.6 Å². The fourth-order valence-electron chi connectivity index (χ4n) is 2.25. The third kappa shape index (κ3) is 14.0. The van der Waals surface area contributed by atoms with E-state index in [0.717, 1.165) is 0 Å². The molecule has 3 unspecified atom stereocenters. The van der Waals surface area contributed by atoms with Crippen molar-refractivity contribution in [2.75, 3.05) is 32.7 Å². The molecule has 3 atom stereocenters. The van der Waals surface area contributed by atoms with Crippen LogP contribution in [0.25, 0.3) is 0 Å². The van der Waals surface area contributed by atoms with Gasteiger partial charge in [-0.3, -0.25) is 24.0 Å². The van der Waals surface area contributed by atoms with E-state index in [0.29, 0.717) is 6.42 Å². The molecule has 0 rings (SSSR count). The second-order valence-corrected chi connectivity index (χ2v) is 6.79. The van der Waals surface area contributed by atoms with E-state index in [1.54, 1.807) is 0 Å². The lowest BCUT2D eigenvalue weighted by molar-refractivity contribution is -0.129. The normalized spacial score (nSPS) is 13.3. The minimum Gasteiger partial charge on any atom is -0.384 e. The lowest BCUT2D eigenvalue weighted by atomic mass is 10.1. The van der Waals surface area contributed by atoms with Gasteiger partial charge in [-0.25, -0.2) is 0 Å². The van der Waals surface area contributed by atoms with Gasteiger partial charge in [-0.05, 0) is 26.7 Å². The van der Waals surface area contributed by atoms with Crippen molar-refractivity contribution < 1.29 is 34.2 Å². The number of aliphatic hydroxyl groups excluding tert-OH is 2. The number of hydrogen-bond donors (Lipinski definition) is 8. The fraction of sp³-hybridized carbons (Fsp3) is 0.722. The first-order chi connectivity index (χ1) is 14.6. The average Bonchev–Trinajstić information content (AvgIpc) is 2.72. The molecule has 0 radical (unpaired) electrons. The van der Waals surface area contributed by atoms with Crippen LogP contribution in [0.4, 0.5) is 0 Å². The van der Waals surface area contributed by atoms with E-state index in [2.05, 4.69) is 26.6 Å². The SMILES string of the molecule is CC(O)C(=O)NCCNC(=O)CCCC(NC(=O)CN)C(=O)NCCNC(=O)C(C)O. The predicted octanol–water partition coefficient (Wildman–Crippen LogP) is -4.17. The van der Waals surface area contributed by atoms with Gasteiger partial charge in [0.2, 0.25) is 29.5 Å². The van der Waals surface area contributed by atoms with Crippen molar-refractivity contribution in [2.24, 2.45) is 5.73 Å². The molecule has 5 amide bonds. The molecule has 0 aromatic rings. The first-order valence-corrected chi connectivity index (χ1v) is 10.0. The zero-order valence-electron chi connectivity index (χ0n) is 17.9. The molecule has 0 spiro atoms. The van der Waals surface area contributed by atoms with Gasteiger partial charge in [-0.1, -0.05) is 0 Å². The van der Waals surface area contributed by atoms with Crippen molar-refractivity contribution in [3.63, 3.8) is 0 Å². The van der Waals surface area contributed by atoms with Gasteiger partial charge in [0.25, 0.3) is 0 Å². The Hall–Kier alpha value is -2.77. The van der Waals surface area contributed by atoms with Gasteiger partial charge in [0.1, 0.15) is 18.2 Å². The zero-order chi connectivity index (χ0) is 23.8. The maximum atomic E-state index is 12.3. The highest BCUT2D eigenvalue weighted by Crippen LogP contribution is 2.02. The molecule has 9 N–H and O–H groups in total. The third-order valence-electron chi connectivity index (χ3n) is 3.96. The van der Waals surface area contributed by atoms with Crippen molar-refractivity contribution >= 4 is 29.5 Å². The van der Waals surface area contributed by atoms with Crippen molar-refractivity contribution in [1.82, 2.24) is 26.6 Å². The molecule has 0 fully saturated rings. The highest BCUT2D eigenvalue weighted by molar-refractivity contribution is 5.88. The van der Waals surface area contributed by atoms with Crippen LogP contribution < -0.4 is 32.3 Å². The van der Waals surface area contributed by atoms with Crippen LogP contribution in [0.3, 0.4) is 0 Å². The van der Waals surface area contributed by atoms with Crippen LogP contribution in [0.2, 0.25) is 0 Å². The predicted molar refractivity (Wildman–Crippen MR) is 110 cm³/mol. The van der Waals surface area contributed by atoms with Gasteiger partial charge in [-0.15, -0.1) is 0 Å². The molecule has 31 heavy (non-hydrogen) atoms. The number of hydrogen-bond acceptors (Lipinski definition) is 8. The van der Waals surface area contributed by atoms with Crippen LogP contribution in [0.5, 0.6) is 0 Å². The van der Waals surface area contributed by atoms with Gasteiger partial charge < -0.3 is 42.5 Å². The maximum Gasteiger partial charge on any atom is 0.248 e. The summed E-state index contributed by atoms with van der Waals surface area (Å²) in [5.41, 5.74) is 5.26. The highest BCUT2D eigenvalue weighted by atomic mass is 16.3. The molecule has 178 valence electrons. The van der Waals surface area contributed by atoms with E-state index >= 15 is 0 Å². The van der Waals surface area contributed by atoms with Crippen LogP contribution in [0.15, 0.2) is 0 Å². The summed E-state index contributed by atoms with van der Waals surface area (Å²) in [7, 11) is 0. The Morgan fingerprint density at radius 3 is 1.65 bits per heavy atom. The smallest absolute Gasteiger partial charge is 0.248 e. The van der Waals surface area contributed by atoms with E-state index in [-0.39, 0.29) is 51.5 Å². The Morgan fingerprint density at radius 2 is 1.19 bits per heavy atom. The Bertz CT molecular complexity index is 612. The third-order valence-corrected chi connectivity index (χ3v) is 3.96. The summed E-state index contributed by atoms with van der Waals surface area (Å²) in [5, 5.41) is 30.6. The molecule has 0 aromatic heterocycles. The lowest BCUT2D eigenvalue weighted by Gasteiger charge is -2.18. The van der Waals surface area contributed by atoms with Crippen LogP contribution in [0, 0.1) is 0 Å². The summed E-state index contributed by atoms with van der Waals surface area (Å²) in [6.45, 7) is 2.88. The Kier molecular flexibility index (Phi) is 14.6. The van der Waals surface area contributed by atoms with Gasteiger partial charge in [-0.2, -0.15) is 0 Å². The van der Waals surface area contributed by atoms with Crippen molar-refractivity contribution in [3.05, 3.63) is 0 Å². The van der Waals surface area contributed by atoms with Crippen molar-refractivity contribution in [1.29, 1.82) is 0 Å². The largest absolute Gasteiger partial charge is 0.384 e. The van der Waals surface area contributed by atoms with Crippen LogP contribution in [-0.2, 0) is 24.0 Å². The van der Waals surface area contributed by atoms with E-state index in [4.69, 9.17) is 15.9 Å². The number of nitrogens with two attached hydrogens (primary N) is 1.